The van der Waals surface area contributed by atoms with Gasteiger partial charge in [-0.15, -0.1) is 6.58 Å². The third kappa shape index (κ3) is 4.21. The summed E-state index contributed by atoms with van der Waals surface area (Å²) < 4.78 is 0. The van der Waals surface area contributed by atoms with Gasteiger partial charge in [-0.05, 0) is 30.3 Å². The number of pyridine rings is 1. The van der Waals surface area contributed by atoms with Crippen molar-refractivity contribution in [3.63, 3.8) is 0 Å². The third-order valence-electron chi connectivity index (χ3n) is 2.61. The summed E-state index contributed by atoms with van der Waals surface area (Å²) in [7, 11) is 0. The smallest absolute Gasteiger partial charge is 0.270 e. The van der Waals surface area contributed by atoms with Gasteiger partial charge in [-0.1, -0.05) is 29.3 Å². The average Bonchev–Trinajstić information content (AvgIpc) is 2.48. The van der Waals surface area contributed by atoms with Gasteiger partial charge >= 0.3 is 0 Å². The minimum absolute atomic E-state index is 0.263. The average molecular weight is 322 g/mol. The van der Waals surface area contributed by atoms with E-state index in [-0.39, 0.29) is 5.91 Å². The van der Waals surface area contributed by atoms with Crippen LogP contribution in [0.5, 0.6) is 0 Å². The monoisotopic (exact) mass is 321 g/mol. The van der Waals surface area contributed by atoms with Gasteiger partial charge in [-0.2, -0.15) is 0 Å². The highest BCUT2D eigenvalue weighted by atomic mass is 35.5. The Bertz CT molecular complexity index is 674. The van der Waals surface area contributed by atoms with Crippen LogP contribution in [0, 0.1) is 0 Å². The number of amides is 1. The van der Waals surface area contributed by atoms with E-state index in [0.29, 0.717) is 33.7 Å². The summed E-state index contributed by atoms with van der Waals surface area (Å²) in [6, 6.07) is 8.53. The largest absolute Gasteiger partial charge is 0.354 e. The molecule has 1 aromatic carbocycles. The van der Waals surface area contributed by atoms with E-state index in [1.807, 2.05) is 0 Å². The Labute approximate surface area is 132 Å². The molecule has 0 bridgehead atoms. The lowest BCUT2D eigenvalue weighted by Gasteiger charge is -2.09. The van der Waals surface area contributed by atoms with Crippen molar-refractivity contribution >= 4 is 40.5 Å². The summed E-state index contributed by atoms with van der Waals surface area (Å²) in [5, 5.41) is 6.84. The van der Waals surface area contributed by atoms with E-state index in [9.17, 15) is 4.79 Å². The number of carbonyl (C=O) groups is 1. The molecule has 0 atom stereocenters. The van der Waals surface area contributed by atoms with E-state index >= 15 is 0 Å². The highest BCUT2D eigenvalue weighted by Crippen LogP contribution is 2.28. The summed E-state index contributed by atoms with van der Waals surface area (Å²) >= 11 is 11.9. The number of carbonyl (C=O) groups excluding carboxylic acids is 1. The first-order valence-corrected chi connectivity index (χ1v) is 6.93. The van der Waals surface area contributed by atoms with Gasteiger partial charge in [0.2, 0.25) is 0 Å². The summed E-state index contributed by atoms with van der Waals surface area (Å²) in [4.78, 5) is 15.9. The van der Waals surface area contributed by atoms with Gasteiger partial charge in [0.05, 0.1) is 10.7 Å². The van der Waals surface area contributed by atoms with Gasteiger partial charge in [0.25, 0.3) is 5.91 Å². The fraction of sp³-hybridized carbons (Fsp3) is 0.0667. The fourth-order valence-electron chi connectivity index (χ4n) is 1.63. The van der Waals surface area contributed by atoms with Crippen LogP contribution in [0.1, 0.15) is 10.5 Å². The van der Waals surface area contributed by atoms with Crippen molar-refractivity contribution in [2.24, 2.45) is 0 Å². The molecule has 1 aromatic heterocycles. The second-order valence-corrected chi connectivity index (χ2v) is 5.02. The second-order valence-electron chi connectivity index (χ2n) is 4.18. The van der Waals surface area contributed by atoms with Crippen LogP contribution < -0.4 is 10.6 Å². The molecule has 0 unspecified atom stereocenters. The molecule has 2 rings (SSSR count). The van der Waals surface area contributed by atoms with E-state index in [1.165, 1.54) is 0 Å². The number of rotatable bonds is 5. The van der Waals surface area contributed by atoms with Crippen molar-refractivity contribution < 1.29 is 4.79 Å². The van der Waals surface area contributed by atoms with Crippen LogP contribution >= 0.6 is 23.2 Å². The second kappa shape index (κ2) is 7.11. The maximum atomic E-state index is 11.8. The molecular formula is C15H13Cl2N3O. The normalized spacial score (nSPS) is 10.0. The van der Waals surface area contributed by atoms with Crippen molar-refractivity contribution in [3.8, 4) is 0 Å². The molecule has 0 aliphatic rings. The molecule has 0 spiro atoms. The number of hydrogen-bond acceptors (Lipinski definition) is 3. The first-order valence-electron chi connectivity index (χ1n) is 6.17. The number of anilines is 2. The molecular weight excluding hydrogens is 309 g/mol. The Balaban J connectivity index is 2.17. The lowest BCUT2D eigenvalue weighted by atomic mass is 10.2. The fourth-order valence-corrected chi connectivity index (χ4v) is 2.09. The zero-order chi connectivity index (χ0) is 15.2. The molecule has 1 amide bonds. The molecule has 1 heterocycles. The van der Waals surface area contributed by atoms with Crippen molar-refractivity contribution in [2.45, 2.75) is 0 Å². The number of halogens is 2. The Kier molecular flexibility index (Phi) is 5.20. The lowest BCUT2D eigenvalue weighted by molar-refractivity contribution is 0.0953. The molecule has 2 aromatic rings. The number of nitrogens with one attached hydrogen (secondary N) is 2. The molecule has 6 heteroatoms. The molecule has 108 valence electrons. The Hall–Kier alpha value is -2.04. The molecule has 0 radical (unpaired) electrons. The maximum Gasteiger partial charge on any atom is 0.270 e. The van der Waals surface area contributed by atoms with E-state index in [4.69, 9.17) is 23.2 Å². The van der Waals surface area contributed by atoms with Crippen LogP contribution in [-0.4, -0.2) is 17.4 Å². The molecule has 21 heavy (non-hydrogen) atoms. The van der Waals surface area contributed by atoms with Crippen LogP contribution in [0.3, 0.4) is 0 Å². The van der Waals surface area contributed by atoms with Gasteiger partial charge in [0.15, 0.2) is 0 Å². The standard InChI is InChI=1S/C15H13Cl2N3O/c1-2-6-19-15(21)14-9-11(5-7-18-14)20-13-4-3-10(16)8-12(13)17/h2-5,7-9H,1,6H2,(H,18,20)(H,19,21). The number of nitrogens with zero attached hydrogens (tertiary/aromatic N) is 1. The molecule has 0 fully saturated rings. The molecule has 0 saturated heterocycles. The molecule has 4 nitrogen and oxygen atoms in total. The predicted molar refractivity (Wildman–Crippen MR) is 86.5 cm³/mol. The van der Waals surface area contributed by atoms with Crippen LogP contribution in [0.4, 0.5) is 11.4 Å². The molecule has 0 saturated carbocycles. The van der Waals surface area contributed by atoms with Gasteiger partial charge in [0, 0.05) is 23.5 Å². The third-order valence-corrected chi connectivity index (χ3v) is 3.16. The van der Waals surface area contributed by atoms with Crippen LogP contribution in [0.25, 0.3) is 0 Å². The molecule has 0 aliphatic carbocycles. The minimum Gasteiger partial charge on any atom is -0.354 e. The van der Waals surface area contributed by atoms with Crippen LogP contribution in [0.2, 0.25) is 10.0 Å². The van der Waals surface area contributed by atoms with Crippen molar-refractivity contribution in [2.75, 3.05) is 11.9 Å². The zero-order valence-electron chi connectivity index (χ0n) is 11.1. The minimum atomic E-state index is -0.263. The Morgan fingerprint density at radius 3 is 2.81 bits per heavy atom. The van der Waals surface area contributed by atoms with E-state index < -0.39 is 0 Å². The zero-order valence-corrected chi connectivity index (χ0v) is 12.6. The SMILES string of the molecule is C=CCNC(=O)c1cc(Nc2ccc(Cl)cc2Cl)ccn1. The summed E-state index contributed by atoms with van der Waals surface area (Å²) in [5.74, 6) is -0.263. The van der Waals surface area contributed by atoms with Crippen molar-refractivity contribution in [1.82, 2.24) is 10.3 Å². The first-order chi connectivity index (χ1) is 10.1. The topological polar surface area (TPSA) is 54.0 Å². The molecule has 0 aliphatic heterocycles. The highest BCUT2D eigenvalue weighted by molar-refractivity contribution is 6.36. The Morgan fingerprint density at radius 2 is 2.10 bits per heavy atom. The van der Waals surface area contributed by atoms with Crippen LogP contribution in [-0.2, 0) is 0 Å². The maximum absolute atomic E-state index is 11.8. The number of aromatic nitrogens is 1. The van der Waals surface area contributed by atoms with Crippen molar-refractivity contribution in [1.29, 1.82) is 0 Å². The first kappa shape index (κ1) is 15.4. The Morgan fingerprint density at radius 1 is 1.29 bits per heavy atom. The van der Waals surface area contributed by atoms with Gasteiger partial charge in [-0.25, -0.2) is 0 Å². The van der Waals surface area contributed by atoms with E-state index in [2.05, 4.69) is 22.2 Å². The van der Waals surface area contributed by atoms with Gasteiger partial charge in [-0.3, -0.25) is 9.78 Å². The lowest BCUT2D eigenvalue weighted by Crippen LogP contribution is -2.24. The van der Waals surface area contributed by atoms with Crippen molar-refractivity contribution in [3.05, 3.63) is 64.9 Å². The predicted octanol–water partition coefficient (Wildman–Crippen LogP) is 4.05. The van der Waals surface area contributed by atoms with E-state index in [1.54, 1.807) is 42.6 Å². The molecule has 2 N–H and O–H groups in total. The number of benzene rings is 1. The highest BCUT2D eigenvalue weighted by Gasteiger charge is 2.08. The quantitative estimate of drug-likeness (QED) is 0.817. The summed E-state index contributed by atoms with van der Waals surface area (Å²) in [6.07, 6.45) is 3.16. The van der Waals surface area contributed by atoms with Gasteiger partial charge < -0.3 is 10.6 Å². The van der Waals surface area contributed by atoms with Crippen LogP contribution in [0.15, 0.2) is 49.2 Å². The summed E-state index contributed by atoms with van der Waals surface area (Å²) in [5.41, 5.74) is 1.72. The van der Waals surface area contributed by atoms with Gasteiger partial charge in [0.1, 0.15) is 5.69 Å². The van der Waals surface area contributed by atoms with E-state index in [0.717, 1.165) is 0 Å². The summed E-state index contributed by atoms with van der Waals surface area (Å²) in [6.45, 7) is 3.93. The number of hydrogen-bond donors (Lipinski definition) is 2.